The van der Waals surface area contributed by atoms with Crippen LogP contribution in [0.2, 0.25) is 0 Å². The number of ketones is 1. The summed E-state index contributed by atoms with van der Waals surface area (Å²) >= 11 is 0. The van der Waals surface area contributed by atoms with Crippen molar-refractivity contribution >= 4 is 33.3 Å². The SMILES string of the molecule is Cc1ccc(OCC(=O)CNc2cc[nH]c(=O)c2-c2nc3cc4c(O)n(C5CCN(C)CC5)cc4cc3[nH]2)c(C)c1. The molecule has 4 N–H and O–H groups in total. The minimum atomic E-state index is -0.338. The Balaban J connectivity index is 1.22. The Hall–Kier alpha value is -4.57. The molecule has 212 valence electrons. The van der Waals surface area contributed by atoms with E-state index >= 15 is 0 Å². The Bertz CT molecular complexity index is 1810. The molecule has 0 aliphatic carbocycles. The number of aromatic amines is 2. The summed E-state index contributed by atoms with van der Waals surface area (Å²) in [5, 5.41) is 15.8. The third-order valence-electron chi connectivity index (χ3n) is 7.89. The van der Waals surface area contributed by atoms with Crippen LogP contribution in [0.3, 0.4) is 0 Å². The normalized spacial score (nSPS) is 14.6. The number of carbonyl (C=O) groups is 1. The number of aryl methyl sites for hydroxylation is 2. The summed E-state index contributed by atoms with van der Waals surface area (Å²) in [6, 6.07) is 11.6. The number of ether oxygens (including phenoxy) is 1. The summed E-state index contributed by atoms with van der Waals surface area (Å²) in [6.45, 7) is 5.84. The fourth-order valence-corrected chi connectivity index (χ4v) is 5.62. The second kappa shape index (κ2) is 10.8. The molecule has 1 saturated heterocycles. The summed E-state index contributed by atoms with van der Waals surface area (Å²) in [5.41, 5.74) is 3.93. The Labute approximate surface area is 237 Å². The van der Waals surface area contributed by atoms with E-state index < -0.39 is 0 Å². The number of fused-ring (bicyclic) bond motifs is 2. The quantitative estimate of drug-likeness (QED) is 0.222. The molecule has 6 rings (SSSR count). The Morgan fingerprint density at radius 3 is 2.76 bits per heavy atom. The molecule has 41 heavy (non-hydrogen) atoms. The number of benzene rings is 2. The second-order valence-electron chi connectivity index (χ2n) is 11.0. The highest BCUT2D eigenvalue weighted by atomic mass is 16.5. The van der Waals surface area contributed by atoms with E-state index in [9.17, 15) is 14.7 Å². The van der Waals surface area contributed by atoms with Gasteiger partial charge >= 0.3 is 0 Å². The van der Waals surface area contributed by atoms with Gasteiger partial charge in [0.15, 0.2) is 11.7 Å². The minimum Gasteiger partial charge on any atom is -0.494 e. The van der Waals surface area contributed by atoms with Crippen LogP contribution in [0, 0.1) is 13.8 Å². The van der Waals surface area contributed by atoms with Crippen molar-refractivity contribution in [3.8, 4) is 23.0 Å². The standard InChI is InChI=1S/C31H34N6O4/c1-18-4-5-27(19(2)12-18)41-17-22(38)15-33-24-6-9-32-30(39)28(24)29-34-25-13-20-16-37(21-7-10-36(3)11-8-21)31(40)23(20)14-26(25)35-29/h4-6,9,12-14,16,21,40H,7-8,10-11,15,17H2,1-3H3,(H,34,35)(H2,32,33,39). The van der Waals surface area contributed by atoms with Gasteiger partial charge in [0, 0.05) is 29.2 Å². The van der Waals surface area contributed by atoms with E-state index in [4.69, 9.17) is 9.72 Å². The first-order valence-corrected chi connectivity index (χ1v) is 13.9. The smallest absolute Gasteiger partial charge is 0.261 e. The molecule has 1 fully saturated rings. The van der Waals surface area contributed by atoms with Gasteiger partial charge in [0.05, 0.1) is 23.3 Å². The molecule has 0 spiro atoms. The lowest BCUT2D eigenvalue weighted by Gasteiger charge is -2.30. The number of H-pyrrole nitrogens is 2. The molecule has 0 bridgehead atoms. The lowest BCUT2D eigenvalue weighted by Crippen LogP contribution is -2.31. The van der Waals surface area contributed by atoms with Gasteiger partial charge in [-0.25, -0.2) is 4.98 Å². The molecule has 3 aromatic heterocycles. The van der Waals surface area contributed by atoms with Crippen LogP contribution < -0.4 is 15.6 Å². The number of anilines is 1. The van der Waals surface area contributed by atoms with E-state index in [1.165, 1.54) is 6.20 Å². The highest BCUT2D eigenvalue weighted by Gasteiger charge is 2.23. The second-order valence-corrected chi connectivity index (χ2v) is 11.0. The molecule has 10 heteroatoms. The van der Waals surface area contributed by atoms with Crippen LogP contribution >= 0.6 is 0 Å². The number of imidazole rings is 1. The monoisotopic (exact) mass is 554 g/mol. The summed E-state index contributed by atoms with van der Waals surface area (Å²) in [4.78, 5) is 38.5. The van der Waals surface area contributed by atoms with Gasteiger partial charge in [0.25, 0.3) is 5.56 Å². The van der Waals surface area contributed by atoms with Gasteiger partial charge < -0.3 is 34.6 Å². The van der Waals surface area contributed by atoms with Crippen molar-refractivity contribution in [2.24, 2.45) is 0 Å². The van der Waals surface area contributed by atoms with Gasteiger partial charge in [0.1, 0.15) is 23.7 Å². The topological polar surface area (TPSA) is 128 Å². The zero-order chi connectivity index (χ0) is 28.7. The van der Waals surface area contributed by atoms with E-state index in [1.807, 2.05) is 54.9 Å². The van der Waals surface area contributed by atoms with Crippen LogP contribution in [0.5, 0.6) is 11.6 Å². The van der Waals surface area contributed by atoms with Crippen LogP contribution in [-0.2, 0) is 4.79 Å². The lowest BCUT2D eigenvalue weighted by molar-refractivity contribution is -0.119. The van der Waals surface area contributed by atoms with Gasteiger partial charge in [-0.2, -0.15) is 0 Å². The third kappa shape index (κ3) is 5.30. The zero-order valence-corrected chi connectivity index (χ0v) is 23.5. The molecule has 1 aliphatic heterocycles. The Morgan fingerprint density at radius 1 is 1.17 bits per heavy atom. The highest BCUT2D eigenvalue weighted by molar-refractivity contribution is 5.99. The first kappa shape index (κ1) is 26.6. The van der Waals surface area contributed by atoms with Crippen molar-refractivity contribution < 1.29 is 14.6 Å². The van der Waals surface area contributed by atoms with Crippen molar-refractivity contribution in [2.75, 3.05) is 38.6 Å². The number of aromatic hydroxyl groups is 1. The molecular formula is C31H34N6O4. The number of hydrogen-bond donors (Lipinski definition) is 4. The van der Waals surface area contributed by atoms with Crippen LogP contribution in [0.1, 0.15) is 30.0 Å². The van der Waals surface area contributed by atoms with Crippen molar-refractivity contribution in [1.29, 1.82) is 0 Å². The van der Waals surface area contributed by atoms with E-state index in [0.717, 1.165) is 53.3 Å². The molecule has 4 heterocycles. The molecule has 10 nitrogen and oxygen atoms in total. The number of Topliss-reactive ketones (excluding diaryl/α,β-unsaturated/α-hetero) is 1. The molecule has 0 atom stereocenters. The molecule has 1 aliphatic rings. The van der Waals surface area contributed by atoms with Crippen LogP contribution in [-0.4, -0.2) is 68.6 Å². The predicted octanol–water partition coefficient (Wildman–Crippen LogP) is 4.52. The molecule has 5 aromatic rings. The summed E-state index contributed by atoms with van der Waals surface area (Å²) in [6.07, 6.45) is 5.49. The molecular weight excluding hydrogens is 520 g/mol. The average Bonchev–Trinajstić information content (AvgIpc) is 3.50. The minimum absolute atomic E-state index is 0.0134. The number of carbonyl (C=O) groups excluding carboxylic acids is 1. The van der Waals surface area contributed by atoms with Crippen molar-refractivity contribution in [2.45, 2.75) is 32.7 Å². The number of hydrogen-bond acceptors (Lipinski definition) is 7. The summed E-state index contributed by atoms with van der Waals surface area (Å²) in [7, 11) is 2.12. The predicted molar refractivity (Wildman–Crippen MR) is 160 cm³/mol. The van der Waals surface area contributed by atoms with Crippen molar-refractivity contribution in [3.63, 3.8) is 0 Å². The first-order valence-electron chi connectivity index (χ1n) is 13.9. The van der Waals surface area contributed by atoms with E-state index in [1.54, 1.807) is 6.07 Å². The first-order chi connectivity index (χ1) is 19.8. The average molecular weight is 555 g/mol. The maximum atomic E-state index is 12.9. The Morgan fingerprint density at radius 2 is 1.98 bits per heavy atom. The van der Waals surface area contributed by atoms with Gasteiger partial charge in [-0.1, -0.05) is 17.7 Å². The van der Waals surface area contributed by atoms with Crippen LogP contribution in [0.25, 0.3) is 33.2 Å². The Kier molecular flexibility index (Phi) is 7.00. The molecule has 0 saturated carbocycles. The number of piperidine rings is 1. The number of likely N-dealkylation sites (tertiary alicyclic amines) is 1. The number of nitrogens with zero attached hydrogens (tertiary/aromatic N) is 3. The van der Waals surface area contributed by atoms with Crippen LogP contribution in [0.15, 0.2) is 53.6 Å². The fourth-order valence-electron chi connectivity index (χ4n) is 5.62. The fraction of sp³-hybridized carbons (Fsp3) is 0.323. The van der Waals surface area contributed by atoms with Crippen molar-refractivity contribution in [1.82, 2.24) is 24.4 Å². The number of aromatic nitrogens is 4. The summed E-state index contributed by atoms with van der Waals surface area (Å²) < 4.78 is 7.69. The summed E-state index contributed by atoms with van der Waals surface area (Å²) in [5.74, 6) is 1.12. The van der Waals surface area contributed by atoms with E-state index in [-0.39, 0.29) is 36.4 Å². The number of pyridine rings is 1. The third-order valence-corrected chi connectivity index (χ3v) is 7.89. The molecule has 0 amide bonds. The largest absolute Gasteiger partial charge is 0.494 e. The van der Waals surface area contributed by atoms with Gasteiger partial charge in [0.2, 0.25) is 0 Å². The zero-order valence-electron chi connectivity index (χ0n) is 23.5. The van der Waals surface area contributed by atoms with Crippen LogP contribution in [0.4, 0.5) is 5.69 Å². The number of rotatable bonds is 8. The van der Waals surface area contributed by atoms with Crippen molar-refractivity contribution in [3.05, 3.63) is 70.3 Å². The molecule has 2 aromatic carbocycles. The van der Waals surface area contributed by atoms with Gasteiger partial charge in [-0.3, -0.25) is 9.59 Å². The molecule has 0 radical (unpaired) electrons. The highest BCUT2D eigenvalue weighted by Crippen LogP contribution is 2.36. The van der Waals surface area contributed by atoms with Gasteiger partial charge in [-0.15, -0.1) is 0 Å². The molecule has 0 unspecified atom stereocenters. The lowest BCUT2D eigenvalue weighted by atomic mass is 10.1. The van der Waals surface area contributed by atoms with Gasteiger partial charge in [-0.05, 0) is 76.7 Å². The maximum Gasteiger partial charge on any atom is 0.261 e. The number of nitrogens with one attached hydrogen (secondary N) is 3. The maximum absolute atomic E-state index is 12.9. The van der Waals surface area contributed by atoms with E-state index in [0.29, 0.717) is 28.3 Å². The van der Waals surface area contributed by atoms with E-state index in [2.05, 4.69) is 27.2 Å².